The molecule has 0 aliphatic heterocycles. The van der Waals surface area contributed by atoms with Crippen LogP contribution in [0.1, 0.15) is 25.6 Å². The lowest BCUT2D eigenvalue weighted by Crippen LogP contribution is -2.12. The molecular formula is C13H18N2O. The standard InChI is InChI=1S/C13H18N2O/c1-9(2)15-11(8-14-3)7-10-5-4-6-12(16)13(10)15/h4-7,9,14,16H,8H2,1-3H3. The summed E-state index contributed by atoms with van der Waals surface area (Å²) in [6, 6.07) is 8.13. The van der Waals surface area contributed by atoms with E-state index in [-0.39, 0.29) is 0 Å². The summed E-state index contributed by atoms with van der Waals surface area (Å²) in [6.07, 6.45) is 0. The van der Waals surface area contributed by atoms with Crippen molar-refractivity contribution >= 4 is 10.9 Å². The van der Waals surface area contributed by atoms with Crippen LogP contribution in [0.25, 0.3) is 10.9 Å². The first-order valence-electron chi connectivity index (χ1n) is 5.61. The van der Waals surface area contributed by atoms with Crippen LogP contribution in [-0.2, 0) is 6.54 Å². The summed E-state index contributed by atoms with van der Waals surface area (Å²) >= 11 is 0. The first kappa shape index (κ1) is 11.0. The molecule has 86 valence electrons. The molecule has 0 spiro atoms. The van der Waals surface area contributed by atoms with Crippen molar-refractivity contribution in [2.24, 2.45) is 0 Å². The number of phenolic OH excluding ortho intramolecular Hbond substituents is 1. The predicted molar refractivity (Wildman–Crippen MR) is 66.8 cm³/mol. The zero-order chi connectivity index (χ0) is 11.7. The van der Waals surface area contributed by atoms with Crippen LogP contribution in [-0.4, -0.2) is 16.7 Å². The van der Waals surface area contributed by atoms with Crippen LogP contribution in [0.3, 0.4) is 0 Å². The molecule has 0 amide bonds. The van der Waals surface area contributed by atoms with E-state index in [9.17, 15) is 5.11 Å². The first-order valence-corrected chi connectivity index (χ1v) is 5.61. The van der Waals surface area contributed by atoms with Crippen LogP contribution in [0, 0.1) is 0 Å². The van der Waals surface area contributed by atoms with Crippen molar-refractivity contribution in [2.75, 3.05) is 7.05 Å². The highest BCUT2D eigenvalue weighted by atomic mass is 16.3. The number of hydrogen-bond acceptors (Lipinski definition) is 2. The predicted octanol–water partition coefficient (Wildman–Crippen LogP) is 2.65. The second-order valence-electron chi connectivity index (χ2n) is 4.34. The smallest absolute Gasteiger partial charge is 0.139 e. The van der Waals surface area contributed by atoms with Gasteiger partial charge in [-0.1, -0.05) is 12.1 Å². The molecule has 0 unspecified atom stereocenters. The van der Waals surface area contributed by atoms with Crippen molar-refractivity contribution in [1.29, 1.82) is 0 Å². The zero-order valence-electron chi connectivity index (χ0n) is 9.99. The Balaban J connectivity index is 2.72. The van der Waals surface area contributed by atoms with Crippen molar-refractivity contribution in [3.63, 3.8) is 0 Å². The SMILES string of the molecule is CNCc1cc2cccc(O)c2n1C(C)C. The molecule has 16 heavy (non-hydrogen) atoms. The maximum absolute atomic E-state index is 9.94. The molecule has 0 saturated carbocycles. The number of para-hydroxylation sites is 1. The van der Waals surface area contributed by atoms with E-state index in [2.05, 4.69) is 29.8 Å². The Morgan fingerprint density at radius 2 is 2.12 bits per heavy atom. The normalized spacial score (nSPS) is 11.5. The van der Waals surface area contributed by atoms with Crippen molar-refractivity contribution in [3.8, 4) is 5.75 Å². The monoisotopic (exact) mass is 218 g/mol. The fourth-order valence-corrected chi connectivity index (χ4v) is 2.23. The number of fused-ring (bicyclic) bond motifs is 1. The highest BCUT2D eigenvalue weighted by Gasteiger charge is 2.13. The largest absolute Gasteiger partial charge is 0.506 e. The van der Waals surface area contributed by atoms with E-state index in [0.29, 0.717) is 11.8 Å². The molecule has 0 saturated heterocycles. The van der Waals surface area contributed by atoms with Crippen LogP contribution in [0.2, 0.25) is 0 Å². The summed E-state index contributed by atoms with van der Waals surface area (Å²) in [5.74, 6) is 0.355. The zero-order valence-corrected chi connectivity index (χ0v) is 9.99. The molecule has 2 aromatic rings. The van der Waals surface area contributed by atoms with Gasteiger partial charge in [-0.3, -0.25) is 0 Å². The molecule has 0 atom stereocenters. The maximum Gasteiger partial charge on any atom is 0.139 e. The van der Waals surface area contributed by atoms with Crippen molar-refractivity contribution in [2.45, 2.75) is 26.4 Å². The molecule has 0 bridgehead atoms. The number of nitrogens with one attached hydrogen (secondary N) is 1. The van der Waals surface area contributed by atoms with Crippen LogP contribution < -0.4 is 5.32 Å². The Labute approximate surface area is 95.7 Å². The summed E-state index contributed by atoms with van der Waals surface area (Å²) in [7, 11) is 1.93. The van der Waals surface area contributed by atoms with Gasteiger partial charge in [0.25, 0.3) is 0 Å². The minimum Gasteiger partial charge on any atom is -0.506 e. The second-order valence-corrected chi connectivity index (χ2v) is 4.34. The molecule has 0 radical (unpaired) electrons. The van der Waals surface area contributed by atoms with Gasteiger partial charge < -0.3 is 15.0 Å². The van der Waals surface area contributed by atoms with Gasteiger partial charge in [-0.2, -0.15) is 0 Å². The minimum absolute atomic E-state index is 0.342. The van der Waals surface area contributed by atoms with Gasteiger partial charge in [-0.25, -0.2) is 0 Å². The van der Waals surface area contributed by atoms with E-state index in [4.69, 9.17) is 0 Å². The average molecular weight is 218 g/mol. The molecule has 0 fully saturated rings. The molecule has 0 aliphatic carbocycles. The topological polar surface area (TPSA) is 37.2 Å². The van der Waals surface area contributed by atoms with Gasteiger partial charge in [0.1, 0.15) is 5.75 Å². The molecule has 1 aromatic carbocycles. The van der Waals surface area contributed by atoms with Gasteiger partial charge in [0.2, 0.25) is 0 Å². The molecule has 0 aliphatic rings. The lowest BCUT2D eigenvalue weighted by atomic mass is 10.2. The van der Waals surface area contributed by atoms with Crippen LogP contribution >= 0.6 is 0 Å². The van der Waals surface area contributed by atoms with Crippen molar-refractivity contribution < 1.29 is 5.11 Å². The van der Waals surface area contributed by atoms with Gasteiger partial charge in [0, 0.05) is 23.7 Å². The summed E-state index contributed by atoms with van der Waals surface area (Å²) in [4.78, 5) is 0. The Morgan fingerprint density at radius 3 is 2.75 bits per heavy atom. The number of phenols is 1. The van der Waals surface area contributed by atoms with E-state index in [1.807, 2.05) is 19.2 Å². The Kier molecular flexibility index (Phi) is 2.88. The van der Waals surface area contributed by atoms with Gasteiger partial charge in [0.05, 0.1) is 5.52 Å². The third kappa shape index (κ3) is 1.67. The Bertz CT molecular complexity index is 500. The molecule has 1 heterocycles. The molecule has 1 aromatic heterocycles. The third-order valence-corrected chi connectivity index (χ3v) is 2.79. The van der Waals surface area contributed by atoms with E-state index in [1.54, 1.807) is 6.07 Å². The van der Waals surface area contributed by atoms with Crippen molar-refractivity contribution in [3.05, 3.63) is 30.0 Å². The lowest BCUT2D eigenvalue weighted by Gasteiger charge is -2.15. The number of nitrogens with zero attached hydrogens (tertiary/aromatic N) is 1. The van der Waals surface area contributed by atoms with E-state index < -0.39 is 0 Å². The van der Waals surface area contributed by atoms with E-state index in [0.717, 1.165) is 17.4 Å². The van der Waals surface area contributed by atoms with Crippen molar-refractivity contribution in [1.82, 2.24) is 9.88 Å². The number of benzene rings is 1. The average Bonchev–Trinajstić information content (AvgIpc) is 2.58. The number of rotatable bonds is 3. The molecule has 3 nitrogen and oxygen atoms in total. The molecule has 2 rings (SSSR count). The number of aromatic hydroxyl groups is 1. The fraction of sp³-hybridized carbons (Fsp3) is 0.385. The minimum atomic E-state index is 0.342. The first-order chi connectivity index (χ1) is 7.65. The summed E-state index contributed by atoms with van der Waals surface area (Å²) < 4.78 is 2.18. The second kappa shape index (κ2) is 4.18. The molecule has 3 heteroatoms. The quantitative estimate of drug-likeness (QED) is 0.831. The van der Waals surface area contributed by atoms with E-state index >= 15 is 0 Å². The van der Waals surface area contributed by atoms with Crippen LogP contribution in [0.4, 0.5) is 0 Å². The summed E-state index contributed by atoms with van der Waals surface area (Å²) in [6.45, 7) is 5.07. The summed E-state index contributed by atoms with van der Waals surface area (Å²) in [5, 5.41) is 14.2. The lowest BCUT2D eigenvalue weighted by molar-refractivity contribution is 0.473. The Morgan fingerprint density at radius 1 is 1.38 bits per heavy atom. The highest BCUT2D eigenvalue weighted by Crippen LogP contribution is 2.30. The highest BCUT2D eigenvalue weighted by molar-refractivity contribution is 5.86. The summed E-state index contributed by atoms with van der Waals surface area (Å²) in [5.41, 5.74) is 2.14. The van der Waals surface area contributed by atoms with Crippen LogP contribution in [0.15, 0.2) is 24.3 Å². The van der Waals surface area contributed by atoms with Gasteiger partial charge in [-0.15, -0.1) is 0 Å². The fourth-order valence-electron chi connectivity index (χ4n) is 2.23. The van der Waals surface area contributed by atoms with Crippen LogP contribution in [0.5, 0.6) is 5.75 Å². The van der Waals surface area contributed by atoms with Gasteiger partial charge in [-0.05, 0) is 33.0 Å². The van der Waals surface area contributed by atoms with Gasteiger partial charge >= 0.3 is 0 Å². The number of aromatic nitrogens is 1. The van der Waals surface area contributed by atoms with E-state index in [1.165, 1.54) is 5.69 Å². The Hall–Kier alpha value is -1.48. The maximum atomic E-state index is 9.94. The molecular weight excluding hydrogens is 200 g/mol. The van der Waals surface area contributed by atoms with Gasteiger partial charge in [0.15, 0.2) is 0 Å². The molecule has 2 N–H and O–H groups in total. The third-order valence-electron chi connectivity index (χ3n) is 2.79. The number of hydrogen-bond donors (Lipinski definition) is 2.